The summed E-state index contributed by atoms with van der Waals surface area (Å²) in [5.74, 6) is 0.787. The molecular formula is C19H25NO2S2. The fraction of sp³-hybridized carbons (Fsp3) is 0.368. The zero-order valence-corrected chi connectivity index (χ0v) is 15.9. The van der Waals surface area contributed by atoms with Crippen molar-refractivity contribution in [3.63, 3.8) is 0 Å². The van der Waals surface area contributed by atoms with E-state index in [0.717, 1.165) is 35.5 Å². The molecule has 2 aromatic carbocycles. The van der Waals surface area contributed by atoms with Gasteiger partial charge in [0.15, 0.2) is 0 Å². The Morgan fingerprint density at radius 2 is 1.58 bits per heavy atom. The van der Waals surface area contributed by atoms with Crippen LogP contribution < -0.4 is 0 Å². The van der Waals surface area contributed by atoms with Crippen LogP contribution in [0.5, 0.6) is 0 Å². The minimum Gasteiger partial charge on any atom is -0.199 e. The van der Waals surface area contributed by atoms with Crippen molar-refractivity contribution in [1.29, 1.82) is 0 Å². The summed E-state index contributed by atoms with van der Waals surface area (Å²) in [6.07, 6.45) is 4.46. The van der Waals surface area contributed by atoms with E-state index in [1.54, 1.807) is 12.1 Å². The van der Waals surface area contributed by atoms with Gasteiger partial charge in [0, 0.05) is 10.6 Å². The zero-order chi connectivity index (χ0) is 17.4. The van der Waals surface area contributed by atoms with Gasteiger partial charge < -0.3 is 0 Å². The normalized spacial score (nSPS) is 13.1. The highest BCUT2D eigenvalue weighted by Crippen LogP contribution is 2.19. The van der Waals surface area contributed by atoms with Crippen LogP contribution in [-0.2, 0) is 20.7 Å². The lowest BCUT2D eigenvalue weighted by molar-refractivity contribution is 0.598. The fourth-order valence-corrected chi connectivity index (χ4v) is 5.91. The third kappa shape index (κ3) is 5.56. The van der Waals surface area contributed by atoms with Gasteiger partial charge in [-0.2, -0.15) is 8.42 Å². The Balaban J connectivity index is 2.30. The first-order valence-corrected chi connectivity index (χ1v) is 11.1. The molecule has 130 valence electrons. The number of hydrogen-bond donors (Lipinski definition) is 0. The summed E-state index contributed by atoms with van der Waals surface area (Å²) in [5.41, 5.74) is 1.04. The van der Waals surface area contributed by atoms with Gasteiger partial charge in [-0.15, -0.1) is 3.77 Å². The molecule has 24 heavy (non-hydrogen) atoms. The molecule has 0 aliphatic heterocycles. The molecule has 0 aromatic heterocycles. The van der Waals surface area contributed by atoms with E-state index in [4.69, 9.17) is 0 Å². The van der Waals surface area contributed by atoms with E-state index >= 15 is 0 Å². The van der Waals surface area contributed by atoms with Crippen molar-refractivity contribution in [3.8, 4) is 0 Å². The molecule has 0 radical (unpaired) electrons. The standard InChI is InChI=1S/C19H25NO2S2/c1-3-4-5-9-16-23(18-10-7-6-8-11-18)20-24(21,22)19-14-12-17(2)13-15-19/h6-8,10-15H,3-5,9,16H2,1-2H3. The molecule has 1 atom stereocenters. The molecule has 0 bridgehead atoms. The Morgan fingerprint density at radius 3 is 2.21 bits per heavy atom. The van der Waals surface area contributed by atoms with Crippen LogP contribution in [0.15, 0.2) is 68.2 Å². The Labute approximate surface area is 148 Å². The number of unbranched alkanes of at least 4 members (excludes halogenated alkanes) is 3. The van der Waals surface area contributed by atoms with E-state index in [9.17, 15) is 8.42 Å². The van der Waals surface area contributed by atoms with Crippen LogP contribution in [-0.4, -0.2) is 14.2 Å². The van der Waals surface area contributed by atoms with Gasteiger partial charge in [-0.3, -0.25) is 0 Å². The number of nitrogens with zero attached hydrogens (tertiary/aromatic N) is 1. The SMILES string of the molecule is CCCCCC/S(=N\S(=O)(=O)c1ccc(C)cc1)c1ccccc1. The molecule has 0 spiro atoms. The minimum absolute atomic E-state index is 0.273. The lowest BCUT2D eigenvalue weighted by Crippen LogP contribution is -2.04. The third-order valence-corrected chi connectivity index (χ3v) is 7.58. The van der Waals surface area contributed by atoms with Crippen LogP contribution in [0.1, 0.15) is 38.2 Å². The van der Waals surface area contributed by atoms with Crippen molar-refractivity contribution >= 4 is 20.7 Å². The van der Waals surface area contributed by atoms with Crippen molar-refractivity contribution in [2.45, 2.75) is 49.3 Å². The molecule has 0 fully saturated rings. The summed E-state index contributed by atoms with van der Waals surface area (Å²) in [5, 5.41) is 0. The Morgan fingerprint density at radius 1 is 0.917 bits per heavy atom. The van der Waals surface area contributed by atoms with E-state index in [1.165, 1.54) is 6.42 Å². The predicted molar refractivity (Wildman–Crippen MR) is 102 cm³/mol. The summed E-state index contributed by atoms with van der Waals surface area (Å²) in [4.78, 5) is 1.26. The number of aryl methyl sites for hydroxylation is 1. The molecular weight excluding hydrogens is 338 g/mol. The van der Waals surface area contributed by atoms with E-state index in [-0.39, 0.29) is 4.90 Å². The highest BCUT2D eigenvalue weighted by molar-refractivity contribution is 8.00. The molecule has 0 saturated carbocycles. The lowest BCUT2D eigenvalue weighted by Gasteiger charge is -2.09. The monoisotopic (exact) mass is 363 g/mol. The van der Waals surface area contributed by atoms with Crippen molar-refractivity contribution in [2.24, 2.45) is 3.77 Å². The number of rotatable bonds is 8. The van der Waals surface area contributed by atoms with Crippen LogP contribution in [0.3, 0.4) is 0 Å². The Bertz CT molecular complexity index is 767. The highest BCUT2D eigenvalue weighted by Gasteiger charge is 2.14. The maximum Gasteiger partial charge on any atom is 0.288 e. The van der Waals surface area contributed by atoms with Gasteiger partial charge in [-0.05, 0) is 37.6 Å². The quantitative estimate of drug-likeness (QED) is 0.611. The molecule has 0 N–H and O–H groups in total. The molecule has 2 rings (SSSR count). The van der Waals surface area contributed by atoms with Gasteiger partial charge in [-0.1, -0.05) is 72.8 Å². The molecule has 1 unspecified atom stereocenters. The fourth-order valence-electron chi connectivity index (χ4n) is 2.31. The maximum atomic E-state index is 12.7. The maximum absolute atomic E-state index is 12.7. The van der Waals surface area contributed by atoms with Crippen LogP contribution in [0, 0.1) is 6.92 Å². The molecule has 0 saturated heterocycles. The average molecular weight is 364 g/mol. The largest absolute Gasteiger partial charge is 0.288 e. The predicted octanol–water partition coefficient (Wildman–Crippen LogP) is 5.13. The van der Waals surface area contributed by atoms with Gasteiger partial charge >= 0.3 is 0 Å². The summed E-state index contributed by atoms with van der Waals surface area (Å²) in [7, 11) is -4.26. The van der Waals surface area contributed by atoms with Crippen LogP contribution in [0.25, 0.3) is 0 Å². The second-order valence-corrected chi connectivity index (χ2v) is 9.43. The van der Waals surface area contributed by atoms with Gasteiger partial charge in [0.1, 0.15) is 0 Å². The smallest absolute Gasteiger partial charge is 0.199 e. The van der Waals surface area contributed by atoms with Crippen molar-refractivity contribution in [1.82, 2.24) is 0 Å². The van der Waals surface area contributed by atoms with Crippen molar-refractivity contribution < 1.29 is 8.42 Å². The van der Waals surface area contributed by atoms with E-state index in [1.807, 2.05) is 49.4 Å². The van der Waals surface area contributed by atoms with Gasteiger partial charge in [0.2, 0.25) is 0 Å². The summed E-state index contributed by atoms with van der Waals surface area (Å²) >= 11 is 0. The van der Waals surface area contributed by atoms with Gasteiger partial charge in [0.25, 0.3) is 10.0 Å². The molecule has 0 heterocycles. The minimum atomic E-state index is -3.63. The topological polar surface area (TPSA) is 46.5 Å². The zero-order valence-electron chi connectivity index (χ0n) is 14.3. The van der Waals surface area contributed by atoms with Crippen LogP contribution in [0.2, 0.25) is 0 Å². The van der Waals surface area contributed by atoms with Crippen LogP contribution in [0.4, 0.5) is 0 Å². The highest BCUT2D eigenvalue weighted by atomic mass is 32.3. The van der Waals surface area contributed by atoms with Crippen molar-refractivity contribution in [2.75, 3.05) is 5.75 Å². The first kappa shape index (κ1) is 18.9. The molecule has 0 aliphatic carbocycles. The number of hydrogen-bond acceptors (Lipinski definition) is 2. The summed E-state index contributed by atoms with van der Waals surface area (Å²) < 4.78 is 29.6. The average Bonchev–Trinajstić information content (AvgIpc) is 2.59. The Hall–Kier alpha value is -1.46. The van der Waals surface area contributed by atoms with Gasteiger partial charge in [0.05, 0.1) is 4.90 Å². The molecule has 0 aliphatic rings. The van der Waals surface area contributed by atoms with Crippen LogP contribution >= 0.6 is 0 Å². The number of benzene rings is 2. The second kappa shape index (κ2) is 9.14. The molecule has 3 nitrogen and oxygen atoms in total. The first-order valence-electron chi connectivity index (χ1n) is 8.33. The second-order valence-electron chi connectivity index (χ2n) is 5.81. The van der Waals surface area contributed by atoms with E-state index < -0.39 is 20.7 Å². The van der Waals surface area contributed by atoms with E-state index in [2.05, 4.69) is 10.7 Å². The molecule has 2 aromatic rings. The van der Waals surface area contributed by atoms with Gasteiger partial charge in [-0.25, -0.2) is 0 Å². The molecule has 5 heteroatoms. The lowest BCUT2D eigenvalue weighted by atomic mass is 10.2. The molecule has 0 amide bonds. The third-order valence-electron chi connectivity index (χ3n) is 3.71. The summed E-state index contributed by atoms with van der Waals surface area (Å²) in [6, 6.07) is 16.7. The first-order chi connectivity index (χ1) is 11.5. The van der Waals surface area contributed by atoms with E-state index in [0.29, 0.717) is 0 Å². The Kier molecular flexibility index (Phi) is 7.18. The number of sulfonamides is 1. The summed E-state index contributed by atoms with van der Waals surface area (Å²) in [6.45, 7) is 4.11. The van der Waals surface area contributed by atoms with Crippen molar-refractivity contribution in [3.05, 3.63) is 60.2 Å².